The molecule has 2 heteroatoms. The molecular formula is C50H35SiZr. The second-order valence-corrected chi connectivity index (χ2v) is 15.6. The fraction of sp³-hybridized carbons (Fsp3) is 0.0400. The average molecular weight is 755 g/mol. The molecule has 8 aromatic carbocycles. The van der Waals surface area contributed by atoms with E-state index < -0.39 is 8.80 Å². The summed E-state index contributed by atoms with van der Waals surface area (Å²) in [5, 5.41) is 9.40. The van der Waals surface area contributed by atoms with Crippen molar-refractivity contribution in [2.75, 3.05) is 0 Å². The van der Waals surface area contributed by atoms with E-state index in [9.17, 15) is 0 Å². The van der Waals surface area contributed by atoms with Crippen LogP contribution in [0.1, 0.15) is 17.5 Å². The predicted octanol–water partition coefficient (Wildman–Crippen LogP) is 11.2. The zero-order valence-corrected chi connectivity index (χ0v) is 32.3. The van der Waals surface area contributed by atoms with Crippen LogP contribution >= 0.6 is 0 Å². The molecule has 0 heterocycles. The van der Waals surface area contributed by atoms with Crippen molar-refractivity contribution in [2.24, 2.45) is 0 Å². The molecule has 0 spiro atoms. The summed E-state index contributed by atoms with van der Waals surface area (Å²) in [6.07, 6.45) is 9.84. The molecule has 0 aliphatic heterocycles. The van der Waals surface area contributed by atoms with E-state index in [1.54, 1.807) is 0 Å². The first-order valence-electron chi connectivity index (χ1n) is 17.7. The van der Waals surface area contributed by atoms with Gasteiger partial charge in [0.2, 0.25) is 0 Å². The van der Waals surface area contributed by atoms with Gasteiger partial charge in [0.1, 0.15) is 8.80 Å². The molecule has 0 nitrogen and oxygen atoms in total. The van der Waals surface area contributed by atoms with Gasteiger partial charge < -0.3 is 0 Å². The van der Waals surface area contributed by atoms with E-state index in [1.165, 1.54) is 81.6 Å². The summed E-state index contributed by atoms with van der Waals surface area (Å²) in [4.78, 5) is 0. The van der Waals surface area contributed by atoms with Gasteiger partial charge in [-0.1, -0.05) is 196 Å². The van der Waals surface area contributed by atoms with Crippen LogP contribution in [-0.2, 0) is 32.6 Å². The van der Waals surface area contributed by atoms with Crippen molar-refractivity contribution in [3.05, 3.63) is 217 Å². The van der Waals surface area contributed by atoms with Crippen LogP contribution in [0.5, 0.6) is 0 Å². The average Bonchev–Trinajstić information content (AvgIpc) is 3.86. The van der Waals surface area contributed by atoms with Crippen LogP contribution in [0.4, 0.5) is 0 Å². The second-order valence-electron chi connectivity index (χ2n) is 13.2. The number of benzene rings is 8. The molecule has 1 radical (unpaired) electrons. The maximum Gasteiger partial charge on any atom is 2.00 e. The minimum Gasteiger partial charge on any atom is -0.273 e. The number of hydrogen-bond donors (Lipinski definition) is 0. The second kappa shape index (κ2) is 15.2. The van der Waals surface area contributed by atoms with Gasteiger partial charge in [0, 0.05) is 0 Å². The van der Waals surface area contributed by atoms with Crippen molar-refractivity contribution in [1.82, 2.24) is 0 Å². The van der Waals surface area contributed by atoms with Crippen molar-refractivity contribution < 1.29 is 26.2 Å². The normalized spacial score (nSPS) is 12.5. The third-order valence-electron chi connectivity index (χ3n) is 10.1. The van der Waals surface area contributed by atoms with Crippen LogP contribution in [0.2, 0.25) is 0 Å². The fourth-order valence-electron chi connectivity index (χ4n) is 7.65. The van der Waals surface area contributed by atoms with E-state index in [2.05, 4.69) is 200 Å². The molecule has 52 heavy (non-hydrogen) atoms. The van der Waals surface area contributed by atoms with Crippen LogP contribution in [0.3, 0.4) is 0 Å². The molecule has 0 saturated heterocycles. The molecule has 0 bridgehead atoms. The van der Waals surface area contributed by atoms with E-state index in [0.29, 0.717) is 0 Å². The van der Waals surface area contributed by atoms with Gasteiger partial charge in [-0.2, -0.15) is 6.08 Å². The van der Waals surface area contributed by atoms with Gasteiger partial charge in [0.25, 0.3) is 0 Å². The summed E-state index contributed by atoms with van der Waals surface area (Å²) in [7, 11) is -0.859. The Labute approximate surface area is 327 Å². The number of allylic oxidation sites excluding steroid dienone is 4. The molecule has 10 rings (SSSR count). The quantitative estimate of drug-likeness (QED) is 0.121. The molecular weight excluding hydrogens is 720 g/mol. The summed E-state index contributed by atoms with van der Waals surface area (Å²) in [6.45, 7) is 0. The molecule has 0 aromatic heterocycles. The van der Waals surface area contributed by atoms with Crippen molar-refractivity contribution in [2.45, 2.75) is 12.8 Å². The van der Waals surface area contributed by atoms with Gasteiger partial charge >= 0.3 is 26.2 Å². The smallest absolute Gasteiger partial charge is 0.273 e. The molecule has 0 atom stereocenters. The zero-order chi connectivity index (χ0) is 34.0. The third kappa shape index (κ3) is 6.66. The van der Waals surface area contributed by atoms with Crippen LogP contribution in [-0.4, -0.2) is 8.80 Å². The predicted molar refractivity (Wildman–Crippen MR) is 218 cm³/mol. The molecule has 8 aromatic rings. The summed E-state index contributed by atoms with van der Waals surface area (Å²) < 4.78 is 0. The van der Waals surface area contributed by atoms with Crippen molar-refractivity contribution in [3.63, 3.8) is 0 Å². The minimum absolute atomic E-state index is 0. The Kier molecular flexibility index (Phi) is 9.95. The standard InChI is InChI=1S/C33H21.C17H14Si.Zr/c1-3-11-28-22(7-1)9-5-13-30(28)24-15-17-32-26(19-24)21-27-20-25(16-18-33(27)32)31-14-6-10-23-8-2-4-12-29(23)31;1-3-9-15(10-4-1)18(17-13-7-8-14-17)16-11-5-2-6-12-16;/h1-19H,21H2;1-7,9-13H,8H2;/q2*-1;+2. The van der Waals surface area contributed by atoms with E-state index in [-0.39, 0.29) is 26.2 Å². The minimum atomic E-state index is -0.859. The van der Waals surface area contributed by atoms with Crippen LogP contribution < -0.4 is 10.4 Å². The van der Waals surface area contributed by atoms with Gasteiger partial charge in [0.05, 0.1) is 0 Å². The zero-order valence-electron chi connectivity index (χ0n) is 28.8. The molecule has 2 aliphatic rings. The first-order valence-corrected chi connectivity index (χ1v) is 19.2. The SMILES string of the molecule is [C-]1=C([Si](c2ccccc2)c2ccccc2)C=CC1.[Zr+2].[c-]1c(-c2cccc3ccccc23)ccc2c1Cc1cc(-c3cccc4ccccc34)ccc1-2. The summed E-state index contributed by atoms with van der Waals surface area (Å²) in [5.41, 5.74) is 10.4. The molecule has 0 unspecified atom stereocenters. The Bertz CT molecular complexity index is 2410. The van der Waals surface area contributed by atoms with Crippen molar-refractivity contribution in [1.29, 1.82) is 0 Å². The van der Waals surface area contributed by atoms with Gasteiger partial charge in [-0.3, -0.25) is 6.08 Å². The largest absolute Gasteiger partial charge is 2.00 e. The molecule has 0 N–H and O–H groups in total. The van der Waals surface area contributed by atoms with Gasteiger partial charge in [-0.05, 0) is 39.3 Å². The van der Waals surface area contributed by atoms with Gasteiger partial charge in [-0.15, -0.1) is 35.7 Å². The number of rotatable bonds is 5. The Morgan fingerprint density at radius 1 is 0.481 bits per heavy atom. The van der Waals surface area contributed by atoms with Crippen LogP contribution in [0.25, 0.3) is 54.9 Å². The topological polar surface area (TPSA) is 0 Å². The van der Waals surface area contributed by atoms with E-state index >= 15 is 0 Å². The molecule has 243 valence electrons. The Morgan fingerprint density at radius 3 is 1.71 bits per heavy atom. The molecule has 0 saturated carbocycles. The maximum atomic E-state index is 3.77. The number of fused-ring (bicyclic) bond motifs is 5. The Balaban J connectivity index is 0.000000173. The number of hydrogen-bond acceptors (Lipinski definition) is 0. The fourth-order valence-corrected chi connectivity index (χ4v) is 10.2. The summed E-state index contributed by atoms with van der Waals surface area (Å²) in [6, 6.07) is 67.2. The monoisotopic (exact) mass is 753 g/mol. The maximum absolute atomic E-state index is 3.77. The van der Waals surface area contributed by atoms with Crippen molar-refractivity contribution >= 4 is 40.7 Å². The molecule has 2 aliphatic carbocycles. The van der Waals surface area contributed by atoms with E-state index in [1.807, 2.05) is 0 Å². The Hall–Kier alpha value is -5.14. The summed E-state index contributed by atoms with van der Waals surface area (Å²) in [5.74, 6) is 0. The molecule has 0 amide bonds. The van der Waals surface area contributed by atoms with Gasteiger partial charge in [-0.25, -0.2) is 11.3 Å². The molecule has 0 fully saturated rings. The van der Waals surface area contributed by atoms with E-state index in [4.69, 9.17) is 0 Å². The first-order chi connectivity index (χ1) is 25.3. The first kappa shape index (κ1) is 34.0. The van der Waals surface area contributed by atoms with Crippen molar-refractivity contribution in [3.8, 4) is 33.4 Å². The van der Waals surface area contributed by atoms with Crippen LogP contribution in [0.15, 0.2) is 193 Å². The Morgan fingerprint density at radius 2 is 1.06 bits per heavy atom. The van der Waals surface area contributed by atoms with Crippen LogP contribution in [0, 0.1) is 12.1 Å². The third-order valence-corrected chi connectivity index (χ3v) is 12.8. The van der Waals surface area contributed by atoms with E-state index in [0.717, 1.165) is 12.8 Å². The van der Waals surface area contributed by atoms with Gasteiger partial charge in [0.15, 0.2) is 0 Å². The summed E-state index contributed by atoms with van der Waals surface area (Å²) >= 11 is 0.